The highest BCUT2D eigenvalue weighted by atomic mass is 79.9. The Hall–Kier alpha value is -2.74. The molecule has 0 N–H and O–H groups in total. The molecular formula is C14H7BrN2O5. The molecule has 0 fully saturated rings. The zero-order valence-electron chi connectivity index (χ0n) is 10.9. The van der Waals surface area contributed by atoms with Gasteiger partial charge in [-0.25, -0.2) is 9.79 Å². The maximum Gasteiger partial charge on any atom is 0.363 e. The summed E-state index contributed by atoms with van der Waals surface area (Å²) in [6, 6.07) is 9.27. The summed E-state index contributed by atoms with van der Waals surface area (Å²) in [5.74, 6) is -0.396. The first-order valence-electron chi connectivity index (χ1n) is 6.06. The number of rotatable bonds is 3. The van der Waals surface area contributed by atoms with Gasteiger partial charge in [0.1, 0.15) is 0 Å². The normalized spacial score (nSPS) is 15.8. The second-order valence-corrected chi connectivity index (χ2v) is 5.04. The lowest BCUT2D eigenvalue weighted by molar-refractivity contribution is -0.385. The van der Waals surface area contributed by atoms with Crippen molar-refractivity contribution in [2.45, 2.75) is 0 Å². The van der Waals surface area contributed by atoms with Gasteiger partial charge in [-0.05, 0) is 40.2 Å². The van der Waals surface area contributed by atoms with Crippen molar-refractivity contribution in [3.05, 3.63) is 68.2 Å². The van der Waals surface area contributed by atoms with E-state index >= 15 is 0 Å². The molecule has 8 heteroatoms. The molecule has 0 radical (unpaired) electrons. The smallest absolute Gasteiger partial charge is 0.363 e. The van der Waals surface area contributed by atoms with Crippen molar-refractivity contribution in [2.75, 3.05) is 0 Å². The minimum atomic E-state index is -0.694. The molecule has 2 aromatic rings. The molecule has 0 aliphatic carbocycles. The molecule has 0 amide bonds. The molecule has 1 aliphatic heterocycles. The Bertz CT molecular complexity index is 837. The van der Waals surface area contributed by atoms with E-state index in [1.165, 1.54) is 18.2 Å². The molecule has 3 rings (SSSR count). The third-order valence-corrected chi connectivity index (χ3v) is 3.26. The first kappa shape index (κ1) is 14.2. The van der Waals surface area contributed by atoms with E-state index in [1.54, 1.807) is 24.3 Å². The van der Waals surface area contributed by atoms with Gasteiger partial charge in [-0.2, -0.15) is 0 Å². The van der Waals surface area contributed by atoms with Crippen molar-refractivity contribution >= 4 is 39.6 Å². The van der Waals surface area contributed by atoms with Crippen LogP contribution in [0.2, 0.25) is 0 Å². The number of ether oxygens (including phenoxy) is 1. The Morgan fingerprint density at radius 1 is 1.23 bits per heavy atom. The fraction of sp³-hybridized carbons (Fsp3) is 0. The molecule has 110 valence electrons. The second kappa shape index (κ2) is 5.57. The first-order valence-corrected chi connectivity index (χ1v) is 6.85. The molecule has 0 spiro atoms. The van der Waals surface area contributed by atoms with Crippen molar-refractivity contribution in [3.8, 4) is 0 Å². The van der Waals surface area contributed by atoms with Gasteiger partial charge in [0.05, 0.1) is 10.5 Å². The van der Waals surface area contributed by atoms with Crippen molar-refractivity contribution in [3.63, 3.8) is 0 Å². The van der Waals surface area contributed by atoms with E-state index < -0.39 is 10.9 Å². The van der Waals surface area contributed by atoms with Crippen LogP contribution in [0.3, 0.4) is 0 Å². The van der Waals surface area contributed by atoms with Gasteiger partial charge < -0.3 is 9.15 Å². The summed E-state index contributed by atoms with van der Waals surface area (Å²) in [5.41, 5.74) is 0.120. The minimum absolute atomic E-state index is 0.0144. The average Bonchev–Trinajstić information content (AvgIpc) is 3.06. The molecule has 7 nitrogen and oxygen atoms in total. The molecule has 0 saturated heterocycles. The number of halogens is 1. The zero-order chi connectivity index (χ0) is 15.7. The highest BCUT2D eigenvalue weighted by Crippen LogP contribution is 2.25. The van der Waals surface area contributed by atoms with Gasteiger partial charge in [-0.15, -0.1) is 0 Å². The molecule has 0 atom stereocenters. The Morgan fingerprint density at radius 3 is 2.68 bits per heavy atom. The van der Waals surface area contributed by atoms with E-state index in [2.05, 4.69) is 20.9 Å². The van der Waals surface area contributed by atoms with E-state index in [0.717, 1.165) is 0 Å². The second-order valence-electron chi connectivity index (χ2n) is 4.26. The number of benzene rings is 1. The zero-order valence-corrected chi connectivity index (χ0v) is 12.4. The summed E-state index contributed by atoms with van der Waals surface area (Å²) in [6.07, 6.45) is 1.31. The van der Waals surface area contributed by atoms with Crippen LogP contribution in [0.25, 0.3) is 6.08 Å². The van der Waals surface area contributed by atoms with Gasteiger partial charge in [-0.1, -0.05) is 12.1 Å². The number of nitro groups is 1. The summed E-state index contributed by atoms with van der Waals surface area (Å²) in [5, 5.41) is 11.0. The Morgan fingerprint density at radius 2 is 2.00 bits per heavy atom. The number of hydrogen-bond acceptors (Lipinski definition) is 6. The third-order valence-electron chi connectivity index (χ3n) is 2.83. The molecule has 0 saturated carbocycles. The van der Waals surface area contributed by atoms with Gasteiger partial charge in [0.25, 0.3) is 11.6 Å². The van der Waals surface area contributed by atoms with Crippen LogP contribution in [0.1, 0.15) is 11.3 Å². The fourth-order valence-corrected chi connectivity index (χ4v) is 2.17. The van der Waals surface area contributed by atoms with Crippen molar-refractivity contribution in [1.82, 2.24) is 0 Å². The van der Waals surface area contributed by atoms with Crippen LogP contribution >= 0.6 is 15.9 Å². The number of carbonyl (C=O) groups is 1. The topological polar surface area (TPSA) is 94.9 Å². The van der Waals surface area contributed by atoms with Crippen LogP contribution < -0.4 is 0 Å². The number of furan rings is 1. The average molecular weight is 363 g/mol. The van der Waals surface area contributed by atoms with E-state index in [0.29, 0.717) is 4.67 Å². The maximum atomic E-state index is 11.8. The highest BCUT2D eigenvalue weighted by Gasteiger charge is 2.27. The van der Waals surface area contributed by atoms with Crippen molar-refractivity contribution < 1.29 is 18.9 Å². The Balaban J connectivity index is 2.00. The fourth-order valence-electron chi connectivity index (χ4n) is 1.87. The number of aliphatic imine (C=N–C) groups is 1. The summed E-state index contributed by atoms with van der Waals surface area (Å²) >= 11 is 3.14. The van der Waals surface area contributed by atoms with Crippen LogP contribution in [0.4, 0.5) is 5.69 Å². The van der Waals surface area contributed by atoms with Gasteiger partial charge >= 0.3 is 5.97 Å². The van der Waals surface area contributed by atoms with Gasteiger partial charge in [0.2, 0.25) is 0 Å². The molecule has 0 bridgehead atoms. The van der Waals surface area contributed by atoms with Crippen LogP contribution in [0.5, 0.6) is 0 Å². The Labute approximate surface area is 132 Å². The maximum absolute atomic E-state index is 11.8. The molecule has 1 aromatic carbocycles. The molecular weight excluding hydrogens is 356 g/mol. The molecule has 22 heavy (non-hydrogen) atoms. The summed E-state index contributed by atoms with van der Waals surface area (Å²) < 4.78 is 10.7. The minimum Gasteiger partial charge on any atom is -0.444 e. The molecule has 1 aromatic heterocycles. The Kier molecular flexibility index (Phi) is 3.60. The van der Waals surface area contributed by atoms with Gasteiger partial charge in [0.15, 0.2) is 16.1 Å². The number of esters is 1. The van der Waals surface area contributed by atoms with E-state index in [-0.39, 0.29) is 28.6 Å². The van der Waals surface area contributed by atoms with E-state index in [1.807, 2.05) is 0 Å². The standard InChI is InChI=1S/C14H7BrN2O5/c15-12-6-5-11(21-12)13-16-9(14(18)22-13)7-8-3-1-2-4-10(8)17(19)20/h1-7H. The lowest BCUT2D eigenvalue weighted by atomic mass is 10.1. The predicted octanol–water partition coefficient (Wildman–Crippen LogP) is 3.29. The molecule has 2 heterocycles. The molecule has 0 unspecified atom stereocenters. The highest BCUT2D eigenvalue weighted by molar-refractivity contribution is 9.10. The lowest BCUT2D eigenvalue weighted by Crippen LogP contribution is -2.04. The van der Waals surface area contributed by atoms with Crippen LogP contribution in [0.15, 0.2) is 56.2 Å². The van der Waals surface area contributed by atoms with Crippen molar-refractivity contribution in [1.29, 1.82) is 0 Å². The SMILES string of the molecule is O=C1OC(c2ccc(Br)o2)=NC1=Cc1ccccc1[N+](=O)[O-]. The number of hydrogen-bond donors (Lipinski definition) is 0. The number of para-hydroxylation sites is 1. The number of cyclic esters (lactones) is 1. The number of nitrogens with zero attached hydrogens (tertiary/aromatic N) is 2. The van der Waals surface area contributed by atoms with Crippen LogP contribution in [0, 0.1) is 10.1 Å². The van der Waals surface area contributed by atoms with Gasteiger partial charge in [0, 0.05) is 6.07 Å². The van der Waals surface area contributed by atoms with Crippen molar-refractivity contribution in [2.24, 2.45) is 4.99 Å². The number of nitro benzene ring substituents is 1. The molecule has 1 aliphatic rings. The van der Waals surface area contributed by atoms with E-state index in [9.17, 15) is 14.9 Å². The first-order chi connectivity index (χ1) is 10.5. The monoisotopic (exact) mass is 362 g/mol. The number of carbonyl (C=O) groups excluding carboxylic acids is 1. The third kappa shape index (κ3) is 2.68. The quantitative estimate of drug-likeness (QED) is 0.361. The van der Waals surface area contributed by atoms with E-state index in [4.69, 9.17) is 9.15 Å². The predicted molar refractivity (Wildman–Crippen MR) is 80.1 cm³/mol. The summed E-state index contributed by atoms with van der Waals surface area (Å²) in [7, 11) is 0. The van der Waals surface area contributed by atoms with Crippen LogP contribution in [-0.4, -0.2) is 16.8 Å². The lowest BCUT2D eigenvalue weighted by Gasteiger charge is -1.96. The largest absolute Gasteiger partial charge is 0.444 e. The van der Waals surface area contributed by atoms with Crippen LogP contribution in [-0.2, 0) is 9.53 Å². The van der Waals surface area contributed by atoms with Gasteiger partial charge in [-0.3, -0.25) is 10.1 Å². The summed E-state index contributed by atoms with van der Waals surface area (Å²) in [6.45, 7) is 0. The summed E-state index contributed by atoms with van der Waals surface area (Å²) in [4.78, 5) is 26.3.